The summed E-state index contributed by atoms with van der Waals surface area (Å²) < 4.78 is 12.9. The zero-order chi connectivity index (χ0) is 24.6. The van der Waals surface area contributed by atoms with Gasteiger partial charge >= 0.3 is 5.97 Å². The highest BCUT2D eigenvalue weighted by Crippen LogP contribution is 2.55. The average molecular weight is 477 g/mol. The molecule has 0 aromatic heterocycles. The van der Waals surface area contributed by atoms with Gasteiger partial charge in [-0.1, -0.05) is 101 Å². The number of carbonyl (C=O) groups excluding carboxylic acids is 1. The van der Waals surface area contributed by atoms with E-state index >= 15 is 0 Å². The second kappa shape index (κ2) is 9.12. The Morgan fingerprint density at radius 2 is 1.56 bits per heavy atom. The molecule has 2 aliphatic rings. The number of carbonyl (C=O) groups is 1. The highest BCUT2D eigenvalue weighted by atomic mass is 28.4. The van der Waals surface area contributed by atoms with E-state index in [0.29, 0.717) is 13.2 Å². The van der Waals surface area contributed by atoms with Gasteiger partial charge in [0, 0.05) is 5.41 Å². The first-order valence-electron chi connectivity index (χ1n) is 12.7. The van der Waals surface area contributed by atoms with Crippen LogP contribution in [0.2, 0.25) is 5.04 Å². The second-order valence-corrected chi connectivity index (χ2v) is 16.1. The van der Waals surface area contributed by atoms with E-state index in [1.165, 1.54) is 15.9 Å². The standard InChI is InChI=1S/C30H40O3Si/c1-23-20-30(6)27(31)32-19-13-18-29(30,5)21-24(23)22-33-34(28(2,3)4,25-14-9-7-10-15-25)26-16-11-8-12-17-26/h7-12,14-17,21,23H,13,18-20,22H2,1-6H3/t23-,29+,30-/m1/s1. The van der Waals surface area contributed by atoms with E-state index in [-0.39, 0.29) is 22.3 Å². The molecular formula is C30H40O3Si. The lowest BCUT2D eigenvalue weighted by atomic mass is 9.56. The maximum atomic E-state index is 13.0. The van der Waals surface area contributed by atoms with Gasteiger partial charge in [0.15, 0.2) is 0 Å². The normalized spacial score (nSPS) is 27.9. The van der Waals surface area contributed by atoms with E-state index < -0.39 is 13.7 Å². The molecule has 4 rings (SSSR count). The Labute approximate surface area is 206 Å². The van der Waals surface area contributed by atoms with Gasteiger partial charge in [0.05, 0.1) is 18.6 Å². The lowest BCUT2D eigenvalue weighted by Gasteiger charge is -2.48. The minimum absolute atomic E-state index is 0.0393. The molecule has 34 heavy (non-hydrogen) atoms. The topological polar surface area (TPSA) is 35.5 Å². The minimum atomic E-state index is -2.61. The van der Waals surface area contributed by atoms with E-state index in [4.69, 9.17) is 9.16 Å². The molecule has 1 heterocycles. The molecule has 3 nitrogen and oxygen atoms in total. The van der Waals surface area contributed by atoms with Crippen LogP contribution in [-0.4, -0.2) is 27.5 Å². The summed E-state index contributed by atoms with van der Waals surface area (Å²) in [5.41, 5.74) is 0.629. The number of hydrogen-bond acceptors (Lipinski definition) is 3. The molecule has 0 bridgehead atoms. The molecule has 1 aliphatic carbocycles. The van der Waals surface area contributed by atoms with Gasteiger partial charge in [0.25, 0.3) is 8.32 Å². The second-order valence-electron chi connectivity index (χ2n) is 11.8. The molecule has 0 spiro atoms. The summed E-state index contributed by atoms with van der Waals surface area (Å²) in [5, 5.41) is 2.54. The Hall–Kier alpha value is -2.17. The van der Waals surface area contributed by atoms with Crippen molar-refractivity contribution in [2.45, 2.75) is 65.8 Å². The smallest absolute Gasteiger partial charge is 0.312 e. The van der Waals surface area contributed by atoms with Crippen molar-refractivity contribution in [3.63, 3.8) is 0 Å². The Bertz CT molecular complexity index is 1000. The zero-order valence-electron chi connectivity index (χ0n) is 21.7. The van der Waals surface area contributed by atoms with Gasteiger partial charge in [0.2, 0.25) is 0 Å². The first-order valence-corrected chi connectivity index (χ1v) is 14.6. The van der Waals surface area contributed by atoms with Crippen LogP contribution in [0.15, 0.2) is 72.3 Å². The van der Waals surface area contributed by atoms with Crippen LogP contribution in [-0.2, 0) is 14.0 Å². The maximum absolute atomic E-state index is 13.0. The summed E-state index contributed by atoms with van der Waals surface area (Å²) in [4.78, 5) is 13.0. The van der Waals surface area contributed by atoms with Crippen molar-refractivity contribution in [3.05, 3.63) is 72.3 Å². The summed E-state index contributed by atoms with van der Waals surface area (Å²) >= 11 is 0. The van der Waals surface area contributed by atoms with Crippen LogP contribution in [0.3, 0.4) is 0 Å². The van der Waals surface area contributed by atoms with Crippen LogP contribution in [0.25, 0.3) is 0 Å². The molecule has 0 N–H and O–H groups in total. The van der Waals surface area contributed by atoms with Gasteiger partial charge < -0.3 is 9.16 Å². The largest absolute Gasteiger partial charge is 0.465 e. The maximum Gasteiger partial charge on any atom is 0.312 e. The molecule has 1 saturated heterocycles. The van der Waals surface area contributed by atoms with Crippen LogP contribution in [0, 0.1) is 16.7 Å². The van der Waals surface area contributed by atoms with E-state index in [1.807, 2.05) is 0 Å². The highest BCUT2D eigenvalue weighted by molar-refractivity contribution is 6.99. The lowest BCUT2D eigenvalue weighted by Crippen LogP contribution is -2.66. The molecule has 0 unspecified atom stereocenters. The molecule has 0 amide bonds. The summed E-state index contributed by atoms with van der Waals surface area (Å²) in [7, 11) is -2.61. The Balaban J connectivity index is 1.77. The number of ether oxygens (including phenoxy) is 1. The average Bonchev–Trinajstić information content (AvgIpc) is 2.91. The van der Waals surface area contributed by atoms with Crippen molar-refractivity contribution in [2.75, 3.05) is 13.2 Å². The molecular weight excluding hydrogens is 436 g/mol. The molecule has 4 heteroatoms. The molecule has 1 aliphatic heterocycles. The van der Waals surface area contributed by atoms with Crippen molar-refractivity contribution in [1.29, 1.82) is 0 Å². The molecule has 0 saturated carbocycles. The number of allylic oxidation sites excluding steroid dienone is 1. The van der Waals surface area contributed by atoms with Crippen LogP contribution in [0.5, 0.6) is 0 Å². The number of fused-ring (bicyclic) bond motifs is 1. The molecule has 1 fully saturated rings. The number of cyclic esters (lactones) is 1. The third kappa shape index (κ3) is 4.09. The number of rotatable bonds is 5. The third-order valence-electron chi connectivity index (χ3n) is 8.51. The number of hydrogen-bond donors (Lipinski definition) is 0. The van der Waals surface area contributed by atoms with Crippen LogP contribution < -0.4 is 10.4 Å². The van der Waals surface area contributed by atoms with Gasteiger partial charge in [-0.15, -0.1) is 0 Å². The SMILES string of the molecule is C[C@@H]1C[C@]2(C)C(=O)OCCC[C@@]2(C)C=C1CO[Si](c1ccccc1)(c1ccccc1)C(C)(C)C. The van der Waals surface area contributed by atoms with E-state index in [2.05, 4.69) is 108 Å². The number of esters is 1. The predicted molar refractivity (Wildman–Crippen MR) is 142 cm³/mol. The Kier molecular flexibility index (Phi) is 6.69. The van der Waals surface area contributed by atoms with Gasteiger partial charge in [-0.2, -0.15) is 0 Å². The summed E-state index contributed by atoms with van der Waals surface area (Å²) in [5.74, 6) is 0.226. The van der Waals surface area contributed by atoms with Gasteiger partial charge in [-0.25, -0.2) is 0 Å². The zero-order valence-corrected chi connectivity index (χ0v) is 22.7. The molecule has 3 atom stereocenters. The van der Waals surface area contributed by atoms with Crippen LogP contribution in [0.4, 0.5) is 0 Å². The first-order chi connectivity index (χ1) is 16.0. The van der Waals surface area contributed by atoms with Gasteiger partial charge in [0.1, 0.15) is 0 Å². The molecule has 2 aromatic carbocycles. The summed E-state index contributed by atoms with van der Waals surface area (Å²) in [6.45, 7) is 14.7. The van der Waals surface area contributed by atoms with Crippen molar-refractivity contribution in [2.24, 2.45) is 16.7 Å². The van der Waals surface area contributed by atoms with Crippen LogP contribution >= 0.6 is 0 Å². The number of benzene rings is 2. The fraction of sp³-hybridized carbons (Fsp3) is 0.500. The van der Waals surface area contributed by atoms with Gasteiger partial charge in [-0.3, -0.25) is 4.79 Å². The summed E-state index contributed by atoms with van der Waals surface area (Å²) in [6.07, 6.45) is 5.06. The first kappa shape index (κ1) is 24.9. The monoisotopic (exact) mass is 476 g/mol. The van der Waals surface area contributed by atoms with Crippen LogP contribution in [0.1, 0.15) is 60.8 Å². The quantitative estimate of drug-likeness (QED) is 0.307. The predicted octanol–water partition coefficient (Wildman–Crippen LogP) is 5.88. The Morgan fingerprint density at radius 3 is 2.09 bits per heavy atom. The molecule has 182 valence electrons. The highest BCUT2D eigenvalue weighted by Gasteiger charge is 2.55. The van der Waals surface area contributed by atoms with Crippen molar-refractivity contribution >= 4 is 24.7 Å². The van der Waals surface area contributed by atoms with Crippen molar-refractivity contribution < 1.29 is 14.0 Å². The van der Waals surface area contributed by atoms with E-state index in [9.17, 15) is 4.79 Å². The Morgan fingerprint density at radius 1 is 1.00 bits per heavy atom. The van der Waals surface area contributed by atoms with Gasteiger partial charge in [-0.05, 0) is 53.1 Å². The summed E-state index contributed by atoms with van der Waals surface area (Å²) in [6, 6.07) is 21.6. The van der Waals surface area contributed by atoms with Crippen molar-refractivity contribution in [3.8, 4) is 0 Å². The fourth-order valence-corrected chi connectivity index (χ4v) is 10.8. The lowest BCUT2D eigenvalue weighted by molar-refractivity contribution is -0.160. The molecule has 2 aromatic rings. The van der Waals surface area contributed by atoms with E-state index in [1.54, 1.807) is 0 Å². The fourth-order valence-electron chi connectivity index (χ4n) is 6.25. The minimum Gasteiger partial charge on any atom is -0.465 e. The third-order valence-corrected chi connectivity index (χ3v) is 13.5. The molecule has 0 radical (unpaired) electrons. The van der Waals surface area contributed by atoms with Crippen molar-refractivity contribution in [1.82, 2.24) is 0 Å². The van der Waals surface area contributed by atoms with E-state index in [0.717, 1.165) is 19.3 Å².